The van der Waals surface area contributed by atoms with Crippen LogP contribution in [0.4, 0.5) is 21.5 Å². The van der Waals surface area contributed by atoms with Gasteiger partial charge in [-0.2, -0.15) is 0 Å². The Labute approximate surface area is 145 Å². The smallest absolute Gasteiger partial charge is 0.255 e. The predicted octanol–water partition coefficient (Wildman–Crippen LogP) is 4.83. The van der Waals surface area contributed by atoms with E-state index in [1.165, 1.54) is 19.2 Å². The SMILES string of the molecule is COc1ccc(C(=O)Nc2ccc(Nc3ccccc3)cc2)cc1F. The van der Waals surface area contributed by atoms with Gasteiger partial charge in [-0.3, -0.25) is 4.79 Å². The summed E-state index contributed by atoms with van der Waals surface area (Å²) in [4.78, 5) is 12.2. The van der Waals surface area contributed by atoms with E-state index >= 15 is 0 Å². The average molecular weight is 336 g/mol. The molecule has 0 bridgehead atoms. The number of hydrogen-bond donors (Lipinski definition) is 2. The minimum absolute atomic E-state index is 0.105. The first-order valence-corrected chi connectivity index (χ1v) is 7.73. The van der Waals surface area contributed by atoms with Crippen LogP contribution in [-0.2, 0) is 0 Å². The van der Waals surface area contributed by atoms with Gasteiger partial charge in [0.15, 0.2) is 11.6 Å². The van der Waals surface area contributed by atoms with Gasteiger partial charge >= 0.3 is 0 Å². The molecule has 3 rings (SSSR count). The van der Waals surface area contributed by atoms with Gasteiger partial charge in [-0.1, -0.05) is 18.2 Å². The normalized spacial score (nSPS) is 10.2. The Bertz CT molecular complexity index is 865. The van der Waals surface area contributed by atoms with Gasteiger partial charge in [0.2, 0.25) is 0 Å². The monoisotopic (exact) mass is 336 g/mol. The molecule has 3 aromatic rings. The second-order valence-corrected chi connectivity index (χ2v) is 5.37. The summed E-state index contributed by atoms with van der Waals surface area (Å²) in [6, 6.07) is 21.2. The van der Waals surface area contributed by atoms with Crippen LogP contribution >= 0.6 is 0 Å². The molecule has 0 saturated carbocycles. The number of para-hydroxylation sites is 1. The maximum atomic E-state index is 13.7. The Morgan fingerprint density at radius 3 is 2.16 bits per heavy atom. The Kier molecular flexibility index (Phi) is 4.95. The fourth-order valence-electron chi connectivity index (χ4n) is 2.34. The Hall–Kier alpha value is -3.34. The number of rotatable bonds is 5. The molecule has 4 nitrogen and oxygen atoms in total. The minimum atomic E-state index is -0.572. The molecular weight excluding hydrogens is 319 g/mol. The van der Waals surface area contributed by atoms with Gasteiger partial charge < -0.3 is 15.4 Å². The van der Waals surface area contributed by atoms with E-state index < -0.39 is 5.82 Å². The third kappa shape index (κ3) is 4.14. The molecule has 0 aromatic heterocycles. The van der Waals surface area contributed by atoms with Crippen LogP contribution in [0.3, 0.4) is 0 Å². The van der Waals surface area contributed by atoms with Crippen molar-refractivity contribution in [3.05, 3.63) is 84.2 Å². The number of ether oxygens (including phenoxy) is 1. The number of nitrogens with one attached hydrogen (secondary N) is 2. The molecule has 25 heavy (non-hydrogen) atoms. The molecule has 0 aliphatic carbocycles. The van der Waals surface area contributed by atoms with E-state index in [9.17, 15) is 9.18 Å². The van der Waals surface area contributed by atoms with Crippen LogP contribution in [0.5, 0.6) is 5.75 Å². The van der Waals surface area contributed by atoms with E-state index in [1.54, 1.807) is 12.1 Å². The predicted molar refractivity (Wildman–Crippen MR) is 97.1 cm³/mol. The van der Waals surface area contributed by atoms with Crippen molar-refractivity contribution in [2.24, 2.45) is 0 Å². The molecule has 0 atom stereocenters. The van der Waals surface area contributed by atoms with Crippen LogP contribution < -0.4 is 15.4 Å². The molecule has 5 heteroatoms. The number of carbonyl (C=O) groups excluding carboxylic acids is 1. The lowest BCUT2D eigenvalue weighted by Crippen LogP contribution is -2.12. The zero-order valence-corrected chi connectivity index (χ0v) is 13.6. The van der Waals surface area contributed by atoms with Crippen molar-refractivity contribution in [3.8, 4) is 5.75 Å². The summed E-state index contributed by atoms with van der Waals surface area (Å²) in [5, 5.41) is 6.00. The Morgan fingerprint density at radius 2 is 1.52 bits per heavy atom. The van der Waals surface area contributed by atoms with Crippen molar-refractivity contribution >= 4 is 23.0 Å². The lowest BCUT2D eigenvalue weighted by Gasteiger charge is -2.09. The van der Waals surface area contributed by atoms with E-state index in [4.69, 9.17) is 4.74 Å². The van der Waals surface area contributed by atoms with Crippen LogP contribution in [0.2, 0.25) is 0 Å². The standard InChI is InChI=1S/C20H17FN2O2/c1-25-19-12-7-14(13-18(19)21)20(24)23-17-10-8-16(9-11-17)22-15-5-3-2-4-6-15/h2-13,22H,1H3,(H,23,24). The number of anilines is 3. The summed E-state index contributed by atoms with van der Waals surface area (Å²) in [6.45, 7) is 0. The molecule has 0 saturated heterocycles. The molecule has 0 aliphatic heterocycles. The van der Waals surface area contributed by atoms with Crippen molar-refractivity contribution in [2.75, 3.05) is 17.7 Å². The van der Waals surface area contributed by atoms with Crippen molar-refractivity contribution in [2.45, 2.75) is 0 Å². The molecule has 1 amide bonds. The Balaban J connectivity index is 1.66. The van der Waals surface area contributed by atoms with Crippen molar-refractivity contribution in [1.29, 1.82) is 0 Å². The summed E-state index contributed by atoms with van der Waals surface area (Å²) in [5.74, 6) is -0.851. The highest BCUT2D eigenvalue weighted by molar-refractivity contribution is 6.04. The third-order valence-corrected chi connectivity index (χ3v) is 3.62. The summed E-state index contributed by atoms with van der Waals surface area (Å²) in [5.41, 5.74) is 2.73. The number of carbonyl (C=O) groups is 1. The van der Waals surface area contributed by atoms with Gasteiger partial charge in [-0.05, 0) is 54.6 Å². The van der Waals surface area contributed by atoms with Gasteiger partial charge in [0.05, 0.1) is 7.11 Å². The van der Waals surface area contributed by atoms with Gasteiger partial charge in [0.1, 0.15) is 0 Å². The second kappa shape index (κ2) is 7.49. The average Bonchev–Trinajstić information content (AvgIpc) is 2.64. The van der Waals surface area contributed by atoms with Gasteiger partial charge in [-0.15, -0.1) is 0 Å². The van der Waals surface area contributed by atoms with E-state index in [1.807, 2.05) is 42.5 Å². The fraction of sp³-hybridized carbons (Fsp3) is 0.0500. The summed E-state index contributed by atoms with van der Waals surface area (Å²) < 4.78 is 18.5. The first-order chi connectivity index (χ1) is 12.2. The molecule has 0 heterocycles. The first-order valence-electron chi connectivity index (χ1n) is 7.73. The zero-order chi connectivity index (χ0) is 17.6. The third-order valence-electron chi connectivity index (χ3n) is 3.62. The van der Waals surface area contributed by atoms with Crippen LogP contribution in [0.1, 0.15) is 10.4 Å². The highest BCUT2D eigenvalue weighted by Gasteiger charge is 2.10. The zero-order valence-electron chi connectivity index (χ0n) is 13.6. The van der Waals surface area contributed by atoms with Crippen molar-refractivity contribution in [3.63, 3.8) is 0 Å². The minimum Gasteiger partial charge on any atom is -0.494 e. The van der Waals surface area contributed by atoms with Gasteiger partial charge in [0.25, 0.3) is 5.91 Å². The Morgan fingerprint density at radius 1 is 0.880 bits per heavy atom. The second-order valence-electron chi connectivity index (χ2n) is 5.37. The van der Waals surface area contributed by atoms with Crippen LogP contribution in [0.15, 0.2) is 72.8 Å². The molecule has 0 fully saturated rings. The van der Waals surface area contributed by atoms with Crippen LogP contribution in [0, 0.1) is 5.82 Å². The number of benzene rings is 3. The molecular formula is C20H17FN2O2. The van der Waals surface area contributed by atoms with Gasteiger partial charge in [-0.25, -0.2) is 4.39 Å². The quantitative estimate of drug-likeness (QED) is 0.701. The van der Waals surface area contributed by atoms with E-state index in [2.05, 4.69) is 10.6 Å². The summed E-state index contributed by atoms with van der Waals surface area (Å²) in [6.07, 6.45) is 0. The largest absolute Gasteiger partial charge is 0.494 e. The lowest BCUT2D eigenvalue weighted by molar-refractivity contribution is 0.102. The number of hydrogen-bond acceptors (Lipinski definition) is 3. The molecule has 126 valence electrons. The van der Waals surface area contributed by atoms with E-state index in [-0.39, 0.29) is 17.2 Å². The maximum Gasteiger partial charge on any atom is 0.255 e. The van der Waals surface area contributed by atoms with Crippen molar-refractivity contribution in [1.82, 2.24) is 0 Å². The summed E-state index contributed by atoms with van der Waals surface area (Å²) >= 11 is 0. The highest BCUT2D eigenvalue weighted by atomic mass is 19.1. The lowest BCUT2D eigenvalue weighted by atomic mass is 10.2. The molecule has 0 aliphatic rings. The maximum absolute atomic E-state index is 13.7. The molecule has 0 radical (unpaired) electrons. The van der Waals surface area contributed by atoms with E-state index in [0.717, 1.165) is 17.4 Å². The van der Waals surface area contributed by atoms with Crippen LogP contribution in [-0.4, -0.2) is 13.0 Å². The number of amides is 1. The molecule has 2 N–H and O–H groups in total. The van der Waals surface area contributed by atoms with E-state index in [0.29, 0.717) is 5.69 Å². The molecule has 0 spiro atoms. The molecule has 3 aromatic carbocycles. The number of methoxy groups -OCH3 is 1. The van der Waals surface area contributed by atoms with Gasteiger partial charge in [0, 0.05) is 22.6 Å². The van der Waals surface area contributed by atoms with Crippen molar-refractivity contribution < 1.29 is 13.9 Å². The molecule has 0 unspecified atom stereocenters. The topological polar surface area (TPSA) is 50.4 Å². The van der Waals surface area contributed by atoms with Crippen LogP contribution in [0.25, 0.3) is 0 Å². The fourth-order valence-corrected chi connectivity index (χ4v) is 2.34. The number of halogens is 1. The highest BCUT2D eigenvalue weighted by Crippen LogP contribution is 2.21. The summed E-state index contributed by atoms with van der Waals surface area (Å²) in [7, 11) is 1.38. The first kappa shape index (κ1) is 16.5.